The predicted molar refractivity (Wildman–Crippen MR) is 80.3 cm³/mol. The van der Waals surface area contributed by atoms with E-state index in [4.69, 9.17) is 5.26 Å². The first kappa shape index (κ1) is 17.5. The van der Waals surface area contributed by atoms with Crippen LogP contribution >= 0.6 is 0 Å². The molecule has 2 rings (SSSR count). The van der Waals surface area contributed by atoms with Crippen LogP contribution in [0.25, 0.3) is 5.69 Å². The first-order valence-electron chi connectivity index (χ1n) is 7.15. The molecule has 0 spiro atoms. The summed E-state index contributed by atoms with van der Waals surface area (Å²) >= 11 is 0. The number of hydrogen-bond acceptors (Lipinski definition) is 3. The molecule has 0 aliphatic carbocycles. The Morgan fingerprint density at radius 2 is 1.92 bits per heavy atom. The summed E-state index contributed by atoms with van der Waals surface area (Å²) in [5.74, 6) is -0.516. The van der Waals surface area contributed by atoms with E-state index >= 15 is 0 Å². The number of nitriles is 1. The van der Waals surface area contributed by atoms with Gasteiger partial charge in [-0.05, 0) is 30.2 Å². The van der Waals surface area contributed by atoms with Gasteiger partial charge in [-0.15, -0.1) is 0 Å². The van der Waals surface area contributed by atoms with Gasteiger partial charge in [-0.3, -0.25) is 4.79 Å². The number of hydrogen-bond donors (Lipinski definition) is 1. The average molecular weight is 336 g/mol. The summed E-state index contributed by atoms with van der Waals surface area (Å²) < 4.78 is 38.9. The molecule has 5 nitrogen and oxygen atoms in total. The van der Waals surface area contributed by atoms with Gasteiger partial charge in [-0.25, -0.2) is 4.68 Å². The highest BCUT2D eigenvalue weighted by atomic mass is 19.4. The van der Waals surface area contributed by atoms with E-state index in [1.54, 1.807) is 13.8 Å². The van der Waals surface area contributed by atoms with Crippen molar-refractivity contribution in [3.05, 3.63) is 47.8 Å². The zero-order valence-corrected chi connectivity index (χ0v) is 13.0. The van der Waals surface area contributed by atoms with Crippen molar-refractivity contribution in [2.75, 3.05) is 0 Å². The molecule has 1 unspecified atom stereocenters. The van der Waals surface area contributed by atoms with Crippen LogP contribution in [0.3, 0.4) is 0 Å². The first-order valence-corrected chi connectivity index (χ1v) is 7.15. The molecule has 0 bridgehead atoms. The van der Waals surface area contributed by atoms with Crippen molar-refractivity contribution in [3.63, 3.8) is 0 Å². The lowest BCUT2D eigenvalue weighted by atomic mass is 10.1. The minimum Gasteiger partial charge on any atom is -0.336 e. The van der Waals surface area contributed by atoms with Crippen LogP contribution in [0.1, 0.15) is 29.8 Å². The number of rotatable bonds is 4. The van der Waals surface area contributed by atoms with E-state index in [9.17, 15) is 18.0 Å². The largest absolute Gasteiger partial charge is 0.416 e. The van der Waals surface area contributed by atoms with Gasteiger partial charge in [0.15, 0.2) is 0 Å². The number of benzene rings is 1. The predicted octanol–water partition coefficient (Wildman–Crippen LogP) is 3.17. The van der Waals surface area contributed by atoms with Gasteiger partial charge >= 0.3 is 6.18 Å². The molecule has 0 fully saturated rings. The lowest BCUT2D eigenvalue weighted by molar-refractivity contribution is -0.137. The fourth-order valence-corrected chi connectivity index (χ4v) is 1.96. The molecule has 8 heteroatoms. The van der Waals surface area contributed by atoms with Crippen LogP contribution in [0.15, 0.2) is 36.7 Å². The number of alkyl halides is 3. The third-order valence-electron chi connectivity index (χ3n) is 3.40. The number of aromatic nitrogens is 2. The summed E-state index contributed by atoms with van der Waals surface area (Å²) in [6.07, 6.45) is -1.72. The molecule has 1 aromatic carbocycles. The Morgan fingerprint density at radius 1 is 1.29 bits per heavy atom. The minimum absolute atomic E-state index is 0.0519. The molecule has 1 atom stereocenters. The van der Waals surface area contributed by atoms with Crippen LogP contribution in [-0.2, 0) is 6.18 Å². The highest BCUT2D eigenvalue weighted by Crippen LogP contribution is 2.29. The van der Waals surface area contributed by atoms with Crippen molar-refractivity contribution < 1.29 is 18.0 Å². The van der Waals surface area contributed by atoms with Crippen molar-refractivity contribution in [2.45, 2.75) is 26.1 Å². The normalized spacial score (nSPS) is 12.7. The van der Waals surface area contributed by atoms with Gasteiger partial charge in [0.2, 0.25) is 0 Å². The molecular weight excluding hydrogens is 321 g/mol. The lowest BCUT2D eigenvalue weighted by Gasteiger charge is -2.13. The number of carbonyl (C=O) groups excluding carboxylic acids is 1. The van der Waals surface area contributed by atoms with E-state index < -0.39 is 23.7 Å². The van der Waals surface area contributed by atoms with E-state index in [2.05, 4.69) is 10.4 Å². The Kier molecular flexibility index (Phi) is 4.93. The Hall–Kier alpha value is -2.82. The summed E-state index contributed by atoms with van der Waals surface area (Å²) in [5, 5.41) is 15.5. The minimum atomic E-state index is -4.41. The fraction of sp³-hybridized carbons (Fsp3) is 0.312. The second-order valence-electron chi connectivity index (χ2n) is 5.54. The summed E-state index contributed by atoms with van der Waals surface area (Å²) in [4.78, 5) is 12.1. The van der Waals surface area contributed by atoms with Crippen LogP contribution in [0.4, 0.5) is 13.2 Å². The molecule has 1 aromatic heterocycles. The second kappa shape index (κ2) is 6.74. The molecule has 2 aromatic rings. The summed E-state index contributed by atoms with van der Waals surface area (Å²) in [5.41, 5.74) is -0.149. The Morgan fingerprint density at radius 3 is 2.42 bits per heavy atom. The van der Waals surface area contributed by atoms with E-state index in [1.165, 1.54) is 29.2 Å². The summed E-state index contributed by atoms with van der Waals surface area (Å²) in [7, 11) is 0. The Labute approximate surface area is 136 Å². The van der Waals surface area contributed by atoms with Gasteiger partial charge in [0.1, 0.15) is 6.04 Å². The third kappa shape index (κ3) is 3.93. The molecule has 126 valence electrons. The molecule has 1 N–H and O–H groups in total. The highest BCUT2D eigenvalue weighted by molar-refractivity contribution is 5.94. The maximum absolute atomic E-state index is 12.6. The van der Waals surface area contributed by atoms with Gasteiger partial charge in [0.25, 0.3) is 5.91 Å². The van der Waals surface area contributed by atoms with Gasteiger partial charge < -0.3 is 5.32 Å². The van der Waals surface area contributed by atoms with Crippen molar-refractivity contribution in [2.24, 2.45) is 5.92 Å². The topological polar surface area (TPSA) is 70.7 Å². The maximum Gasteiger partial charge on any atom is 0.416 e. The highest BCUT2D eigenvalue weighted by Gasteiger charge is 2.30. The molecule has 1 amide bonds. The summed E-state index contributed by atoms with van der Waals surface area (Å²) in [6, 6.07) is 5.79. The first-order chi connectivity index (χ1) is 11.2. The lowest BCUT2D eigenvalue weighted by Crippen LogP contribution is -2.37. The molecule has 0 saturated carbocycles. The molecule has 0 radical (unpaired) electrons. The van der Waals surface area contributed by atoms with Crippen LogP contribution in [0.2, 0.25) is 0 Å². The molecule has 1 heterocycles. The number of halogens is 3. The molecular formula is C16H15F3N4O. The van der Waals surface area contributed by atoms with E-state index in [-0.39, 0.29) is 11.5 Å². The standard InChI is InChI=1S/C16H15F3N4O/c1-10(2)14(7-20)22-15(24)11-8-21-23(9-11)13-5-3-12(4-6-13)16(17,18)19/h3-6,8-10,14H,1-2H3,(H,22,24). The number of nitrogens with zero attached hydrogens (tertiary/aromatic N) is 3. The van der Waals surface area contributed by atoms with Crippen LogP contribution < -0.4 is 5.32 Å². The van der Waals surface area contributed by atoms with Gasteiger partial charge in [0, 0.05) is 6.20 Å². The Balaban J connectivity index is 2.16. The van der Waals surface area contributed by atoms with Crippen LogP contribution in [-0.4, -0.2) is 21.7 Å². The zero-order valence-electron chi connectivity index (χ0n) is 13.0. The van der Waals surface area contributed by atoms with Crippen molar-refractivity contribution >= 4 is 5.91 Å². The van der Waals surface area contributed by atoms with Crippen molar-refractivity contribution in [3.8, 4) is 11.8 Å². The van der Waals surface area contributed by atoms with Crippen molar-refractivity contribution in [1.82, 2.24) is 15.1 Å². The van der Waals surface area contributed by atoms with Crippen LogP contribution in [0.5, 0.6) is 0 Å². The second-order valence-corrected chi connectivity index (χ2v) is 5.54. The van der Waals surface area contributed by atoms with E-state index in [0.717, 1.165) is 12.1 Å². The SMILES string of the molecule is CC(C)C(C#N)NC(=O)c1cnn(-c2ccc(C(F)(F)F)cc2)c1. The summed E-state index contributed by atoms with van der Waals surface area (Å²) in [6.45, 7) is 3.61. The fourth-order valence-electron chi connectivity index (χ4n) is 1.96. The third-order valence-corrected chi connectivity index (χ3v) is 3.40. The molecule has 0 saturated heterocycles. The molecule has 0 aliphatic heterocycles. The number of carbonyl (C=O) groups is 1. The van der Waals surface area contributed by atoms with E-state index in [0.29, 0.717) is 5.69 Å². The van der Waals surface area contributed by atoms with Gasteiger partial charge in [-0.1, -0.05) is 13.8 Å². The molecule has 24 heavy (non-hydrogen) atoms. The van der Waals surface area contributed by atoms with Crippen LogP contribution in [0, 0.1) is 17.2 Å². The smallest absolute Gasteiger partial charge is 0.336 e. The van der Waals surface area contributed by atoms with Crippen molar-refractivity contribution in [1.29, 1.82) is 5.26 Å². The van der Waals surface area contributed by atoms with Gasteiger partial charge in [0.05, 0.1) is 29.1 Å². The monoisotopic (exact) mass is 336 g/mol. The number of nitrogens with one attached hydrogen (secondary N) is 1. The average Bonchev–Trinajstić information content (AvgIpc) is 3.01. The quantitative estimate of drug-likeness (QED) is 0.932. The number of amides is 1. The maximum atomic E-state index is 12.6. The zero-order chi connectivity index (χ0) is 17.9. The van der Waals surface area contributed by atoms with Gasteiger partial charge in [-0.2, -0.15) is 23.5 Å². The molecule has 0 aliphatic rings. The van der Waals surface area contributed by atoms with E-state index in [1.807, 2.05) is 6.07 Å². The Bertz CT molecular complexity index is 757.